The van der Waals surface area contributed by atoms with Crippen LogP contribution < -0.4 is 5.73 Å². The molecule has 2 aromatic heterocycles. The zero-order valence-electron chi connectivity index (χ0n) is 17.9. The first-order valence-electron chi connectivity index (χ1n) is 10.5. The van der Waals surface area contributed by atoms with Crippen LogP contribution in [0.3, 0.4) is 0 Å². The van der Waals surface area contributed by atoms with Crippen molar-refractivity contribution in [2.75, 3.05) is 7.11 Å². The van der Waals surface area contributed by atoms with Gasteiger partial charge >= 0.3 is 0 Å². The molecule has 1 aromatic carbocycles. The van der Waals surface area contributed by atoms with Gasteiger partial charge in [-0.05, 0) is 54.0 Å². The fraction of sp³-hybridized carbons (Fsp3) is 0.375. The van der Waals surface area contributed by atoms with Crippen molar-refractivity contribution in [3.63, 3.8) is 0 Å². The molecule has 5 nitrogen and oxygen atoms in total. The molecular formula is C24H25F2N3O2S. The van der Waals surface area contributed by atoms with Gasteiger partial charge in [0, 0.05) is 37.3 Å². The van der Waals surface area contributed by atoms with Crippen LogP contribution in [0.4, 0.5) is 8.78 Å². The minimum absolute atomic E-state index is 0.0189. The van der Waals surface area contributed by atoms with Crippen molar-refractivity contribution in [1.29, 1.82) is 0 Å². The average molecular weight is 458 g/mol. The van der Waals surface area contributed by atoms with E-state index < -0.39 is 11.6 Å². The van der Waals surface area contributed by atoms with E-state index in [1.807, 2.05) is 6.07 Å². The number of rotatable bonds is 6. The molecule has 4 rings (SSSR count). The number of halogens is 2. The Bertz CT molecular complexity index is 1090. The second-order valence-corrected chi connectivity index (χ2v) is 9.18. The fourth-order valence-electron chi connectivity index (χ4n) is 4.69. The van der Waals surface area contributed by atoms with Crippen molar-refractivity contribution < 1.29 is 18.3 Å². The van der Waals surface area contributed by atoms with Gasteiger partial charge in [0.05, 0.1) is 11.7 Å². The number of carbonyl (C=O) groups is 1. The summed E-state index contributed by atoms with van der Waals surface area (Å²) in [6.45, 7) is 2.13. The molecule has 0 unspecified atom stereocenters. The minimum atomic E-state index is -0.704. The fourth-order valence-corrected chi connectivity index (χ4v) is 5.56. The van der Waals surface area contributed by atoms with E-state index in [0.717, 1.165) is 35.3 Å². The first-order chi connectivity index (χ1) is 15.4. The van der Waals surface area contributed by atoms with Crippen molar-refractivity contribution in [3.05, 3.63) is 70.5 Å². The minimum Gasteiger partial charge on any atom is -0.380 e. The van der Waals surface area contributed by atoms with Gasteiger partial charge in [-0.1, -0.05) is 13.0 Å². The van der Waals surface area contributed by atoms with Gasteiger partial charge in [0.15, 0.2) is 5.78 Å². The highest BCUT2D eigenvalue weighted by molar-refractivity contribution is 7.13. The highest BCUT2D eigenvalue weighted by Gasteiger charge is 2.35. The van der Waals surface area contributed by atoms with Gasteiger partial charge in [0.1, 0.15) is 22.3 Å². The third-order valence-corrected chi connectivity index (χ3v) is 7.03. The van der Waals surface area contributed by atoms with Crippen LogP contribution in [0.1, 0.15) is 47.3 Å². The van der Waals surface area contributed by atoms with Crippen molar-refractivity contribution in [1.82, 2.24) is 9.97 Å². The molecule has 3 aromatic rings. The van der Waals surface area contributed by atoms with E-state index in [-0.39, 0.29) is 46.5 Å². The van der Waals surface area contributed by atoms with Gasteiger partial charge in [0.2, 0.25) is 0 Å². The Labute approximate surface area is 189 Å². The number of carbonyl (C=O) groups excluding carboxylic acids is 1. The van der Waals surface area contributed by atoms with Gasteiger partial charge in [-0.15, -0.1) is 11.3 Å². The molecule has 0 bridgehead atoms. The molecule has 1 aliphatic rings. The number of methoxy groups -OCH3 is 1. The zero-order chi connectivity index (χ0) is 22.8. The van der Waals surface area contributed by atoms with E-state index in [0.29, 0.717) is 5.92 Å². The van der Waals surface area contributed by atoms with Gasteiger partial charge in [-0.3, -0.25) is 9.78 Å². The van der Waals surface area contributed by atoms with Crippen molar-refractivity contribution in [2.24, 2.45) is 11.7 Å². The predicted octanol–water partition coefficient (Wildman–Crippen LogP) is 4.76. The topological polar surface area (TPSA) is 78.1 Å². The molecule has 0 saturated heterocycles. The highest BCUT2D eigenvalue weighted by atomic mass is 32.1. The SMILES string of the molecule is CO[C@H]1[C@H](N)C[C@H](c2ccncc2CC(=O)c2csc(-c3c(F)cccc3F)n2)C[C@@H]1C. The number of pyridine rings is 1. The first-order valence-corrected chi connectivity index (χ1v) is 11.4. The van der Waals surface area contributed by atoms with Crippen LogP contribution in [0.15, 0.2) is 42.0 Å². The lowest BCUT2D eigenvalue weighted by atomic mass is 9.73. The van der Waals surface area contributed by atoms with E-state index in [9.17, 15) is 13.6 Å². The third-order valence-electron chi connectivity index (χ3n) is 6.17. The smallest absolute Gasteiger partial charge is 0.186 e. The van der Waals surface area contributed by atoms with Crippen LogP contribution in [-0.4, -0.2) is 35.0 Å². The van der Waals surface area contributed by atoms with Gasteiger partial charge in [-0.2, -0.15) is 0 Å². The molecule has 0 amide bonds. The lowest BCUT2D eigenvalue weighted by Crippen LogP contribution is -2.45. The Morgan fingerprint density at radius 1 is 1.25 bits per heavy atom. The van der Waals surface area contributed by atoms with Crippen LogP contribution in [0.5, 0.6) is 0 Å². The Hall–Kier alpha value is -2.55. The Balaban J connectivity index is 1.55. The summed E-state index contributed by atoms with van der Waals surface area (Å²) in [6.07, 6.45) is 5.23. The Morgan fingerprint density at radius 3 is 2.69 bits per heavy atom. The molecule has 168 valence electrons. The maximum Gasteiger partial charge on any atom is 0.186 e. The van der Waals surface area contributed by atoms with E-state index in [4.69, 9.17) is 10.5 Å². The van der Waals surface area contributed by atoms with Crippen molar-refractivity contribution >= 4 is 17.1 Å². The summed E-state index contributed by atoms with van der Waals surface area (Å²) >= 11 is 1.05. The average Bonchev–Trinajstić information content (AvgIpc) is 3.24. The molecule has 0 spiro atoms. The number of ether oxygens (including phenoxy) is 1. The lowest BCUT2D eigenvalue weighted by molar-refractivity contribution is 0.00970. The largest absolute Gasteiger partial charge is 0.380 e. The van der Waals surface area contributed by atoms with Crippen molar-refractivity contribution in [2.45, 2.75) is 44.2 Å². The summed E-state index contributed by atoms with van der Waals surface area (Å²) in [5.74, 6) is -1.13. The number of thiazole rings is 1. The highest BCUT2D eigenvalue weighted by Crippen LogP contribution is 2.38. The zero-order valence-corrected chi connectivity index (χ0v) is 18.7. The molecule has 32 heavy (non-hydrogen) atoms. The second-order valence-electron chi connectivity index (χ2n) is 8.32. The molecule has 4 atom stereocenters. The van der Waals surface area contributed by atoms with Gasteiger partial charge in [0.25, 0.3) is 0 Å². The normalized spacial score (nSPS) is 23.3. The van der Waals surface area contributed by atoms with Gasteiger partial charge in [-0.25, -0.2) is 13.8 Å². The number of aromatic nitrogens is 2. The van der Waals surface area contributed by atoms with E-state index in [1.165, 1.54) is 18.2 Å². The van der Waals surface area contributed by atoms with Crippen LogP contribution in [0.25, 0.3) is 10.6 Å². The second kappa shape index (κ2) is 9.52. The van der Waals surface area contributed by atoms with Gasteiger partial charge < -0.3 is 10.5 Å². The number of hydrogen-bond donors (Lipinski definition) is 1. The summed E-state index contributed by atoms with van der Waals surface area (Å²) in [5.41, 5.74) is 8.21. The first kappa shape index (κ1) is 22.6. The number of hydrogen-bond acceptors (Lipinski definition) is 6. The summed E-state index contributed by atoms with van der Waals surface area (Å²) in [4.78, 5) is 21.4. The summed E-state index contributed by atoms with van der Waals surface area (Å²) in [7, 11) is 1.69. The van der Waals surface area contributed by atoms with E-state index in [2.05, 4.69) is 16.9 Å². The summed E-state index contributed by atoms with van der Waals surface area (Å²) < 4.78 is 33.7. The summed E-state index contributed by atoms with van der Waals surface area (Å²) in [6, 6.07) is 5.51. The maximum absolute atomic E-state index is 14.1. The molecule has 2 N–H and O–H groups in total. The molecule has 0 radical (unpaired) electrons. The van der Waals surface area contributed by atoms with Crippen LogP contribution in [0.2, 0.25) is 0 Å². The Morgan fingerprint density at radius 2 is 2.00 bits per heavy atom. The monoisotopic (exact) mass is 457 g/mol. The predicted molar refractivity (Wildman–Crippen MR) is 120 cm³/mol. The van der Waals surface area contributed by atoms with Crippen LogP contribution >= 0.6 is 11.3 Å². The molecular weight excluding hydrogens is 432 g/mol. The molecule has 2 heterocycles. The van der Waals surface area contributed by atoms with Crippen LogP contribution in [0, 0.1) is 17.6 Å². The lowest BCUT2D eigenvalue weighted by Gasteiger charge is -2.38. The molecule has 1 aliphatic carbocycles. The number of nitrogens with zero attached hydrogens (tertiary/aromatic N) is 2. The number of Topliss-reactive ketones (excluding diaryl/α,β-unsaturated/α-hetero) is 1. The quantitative estimate of drug-likeness (QED) is 0.540. The Kier molecular flexibility index (Phi) is 6.74. The van der Waals surface area contributed by atoms with E-state index in [1.54, 1.807) is 24.9 Å². The number of ketones is 1. The molecule has 1 saturated carbocycles. The van der Waals surface area contributed by atoms with Crippen molar-refractivity contribution in [3.8, 4) is 10.6 Å². The molecule has 1 fully saturated rings. The maximum atomic E-state index is 14.1. The summed E-state index contributed by atoms with van der Waals surface area (Å²) in [5, 5.41) is 1.69. The number of benzene rings is 1. The van der Waals surface area contributed by atoms with E-state index >= 15 is 0 Å². The molecule has 8 heteroatoms. The van der Waals surface area contributed by atoms with Crippen LogP contribution in [-0.2, 0) is 11.2 Å². The standard InChI is InChI=1S/C24H25F2N3O2S/c1-13-8-14(9-19(27)23(13)31-2)16-6-7-28-11-15(16)10-21(30)20-12-32-24(29-20)22-17(25)4-3-5-18(22)26/h3-7,11-14,19,23H,8-10,27H2,1-2H3/t13-,14+,19+,23+/m0/s1. The third kappa shape index (κ3) is 4.48. The number of nitrogens with two attached hydrogens (primary N) is 1. The molecule has 0 aliphatic heterocycles.